The Morgan fingerprint density at radius 2 is 1.77 bits per heavy atom. The molecule has 3 aromatic heterocycles. The van der Waals surface area contributed by atoms with Crippen molar-refractivity contribution in [1.29, 1.82) is 0 Å². The summed E-state index contributed by atoms with van der Waals surface area (Å²) >= 11 is 1.43. The van der Waals surface area contributed by atoms with E-state index in [9.17, 15) is 4.79 Å². The fourth-order valence-electron chi connectivity index (χ4n) is 4.51. The maximum atomic E-state index is 13.6. The summed E-state index contributed by atoms with van der Waals surface area (Å²) < 4.78 is 1.96. The first-order valence-corrected chi connectivity index (χ1v) is 12.5. The second-order valence-corrected chi connectivity index (χ2v) is 9.62. The summed E-state index contributed by atoms with van der Waals surface area (Å²) in [6.07, 6.45) is 5.89. The average molecular weight is 481 g/mol. The lowest BCUT2D eigenvalue weighted by Crippen LogP contribution is -2.24. The topological polar surface area (TPSA) is 75.9 Å². The molecule has 35 heavy (non-hydrogen) atoms. The lowest BCUT2D eigenvalue weighted by atomic mass is 10.1. The minimum Gasteiger partial charge on any atom is -0.356 e. The molecule has 0 aliphatic carbocycles. The highest BCUT2D eigenvalue weighted by Crippen LogP contribution is 2.38. The summed E-state index contributed by atoms with van der Waals surface area (Å²) in [4.78, 5) is 31.0. The maximum Gasteiger partial charge on any atom is 0.261 e. The molecule has 1 saturated heterocycles. The van der Waals surface area contributed by atoms with Gasteiger partial charge in [0.15, 0.2) is 11.0 Å². The van der Waals surface area contributed by atoms with Gasteiger partial charge in [-0.1, -0.05) is 59.9 Å². The lowest BCUT2D eigenvalue weighted by molar-refractivity contribution is 0.102. The van der Waals surface area contributed by atoms with Crippen LogP contribution in [0.15, 0.2) is 73.1 Å². The van der Waals surface area contributed by atoms with Crippen molar-refractivity contribution in [2.75, 3.05) is 23.3 Å². The SMILES string of the molecule is Cn1ccnc1-c1sc(NC(=O)c2cc3ccccc3nc2N2CCCC2)nc1-c1ccccc1. The van der Waals surface area contributed by atoms with E-state index in [0.29, 0.717) is 10.7 Å². The van der Waals surface area contributed by atoms with Crippen LogP contribution in [0.3, 0.4) is 0 Å². The number of hydrogen-bond acceptors (Lipinski definition) is 6. The van der Waals surface area contributed by atoms with E-state index in [1.165, 1.54) is 11.3 Å². The first kappa shape index (κ1) is 21.5. The molecular weight excluding hydrogens is 456 g/mol. The number of aromatic nitrogens is 4. The maximum absolute atomic E-state index is 13.6. The van der Waals surface area contributed by atoms with Crippen molar-refractivity contribution in [3.63, 3.8) is 0 Å². The van der Waals surface area contributed by atoms with Crippen molar-refractivity contribution >= 4 is 39.1 Å². The van der Waals surface area contributed by atoms with Gasteiger partial charge in [-0.05, 0) is 25.0 Å². The standard InChI is InChI=1S/C27H24N6OS/c1-32-16-13-28-25(32)23-22(18-9-3-2-4-10-18)30-27(35-23)31-26(34)20-17-19-11-5-6-12-21(19)29-24(20)33-14-7-8-15-33/h2-6,9-13,16-17H,7-8,14-15H2,1H3,(H,30,31,34). The predicted molar refractivity (Wildman–Crippen MR) is 141 cm³/mol. The van der Waals surface area contributed by atoms with E-state index in [0.717, 1.165) is 64.6 Å². The Morgan fingerprint density at radius 3 is 2.54 bits per heavy atom. The van der Waals surface area contributed by atoms with Crippen LogP contribution in [0.4, 0.5) is 10.9 Å². The van der Waals surface area contributed by atoms with Crippen LogP contribution in [0.5, 0.6) is 0 Å². The molecule has 0 spiro atoms. The summed E-state index contributed by atoms with van der Waals surface area (Å²) in [5, 5.41) is 4.54. The molecule has 1 N–H and O–H groups in total. The molecule has 8 heteroatoms. The minimum absolute atomic E-state index is 0.204. The van der Waals surface area contributed by atoms with Gasteiger partial charge in [0.1, 0.15) is 5.82 Å². The molecule has 0 atom stereocenters. The van der Waals surface area contributed by atoms with Crippen LogP contribution >= 0.6 is 11.3 Å². The number of thiazole rings is 1. The molecule has 1 aliphatic heterocycles. The van der Waals surface area contributed by atoms with Gasteiger partial charge in [-0.3, -0.25) is 10.1 Å². The zero-order valence-corrected chi connectivity index (χ0v) is 20.1. The van der Waals surface area contributed by atoms with E-state index in [1.807, 2.05) is 78.5 Å². The Kier molecular flexibility index (Phi) is 5.50. The summed E-state index contributed by atoms with van der Waals surface area (Å²) in [5.74, 6) is 1.35. The third-order valence-corrected chi connectivity index (χ3v) is 7.24. The summed E-state index contributed by atoms with van der Waals surface area (Å²) in [6.45, 7) is 1.81. The Labute approximate surface area is 207 Å². The van der Waals surface area contributed by atoms with Gasteiger partial charge in [0.05, 0.1) is 21.7 Å². The smallest absolute Gasteiger partial charge is 0.261 e. The molecule has 7 nitrogen and oxygen atoms in total. The molecule has 0 bridgehead atoms. The lowest BCUT2D eigenvalue weighted by Gasteiger charge is -2.20. The van der Waals surface area contributed by atoms with E-state index in [4.69, 9.17) is 9.97 Å². The third-order valence-electron chi connectivity index (χ3n) is 6.27. The number of anilines is 2. The summed E-state index contributed by atoms with van der Waals surface area (Å²) in [7, 11) is 1.96. The first-order valence-electron chi connectivity index (χ1n) is 11.7. The number of fused-ring (bicyclic) bond motifs is 1. The number of imidazole rings is 1. The fraction of sp³-hybridized carbons (Fsp3) is 0.185. The second-order valence-electron chi connectivity index (χ2n) is 8.63. The Bertz CT molecular complexity index is 1520. The van der Waals surface area contributed by atoms with Crippen molar-refractivity contribution in [3.8, 4) is 22.0 Å². The number of para-hydroxylation sites is 1. The predicted octanol–water partition coefficient (Wildman–Crippen LogP) is 5.61. The molecule has 1 fully saturated rings. The number of nitrogens with one attached hydrogen (secondary N) is 1. The van der Waals surface area contributed by atoms with Gasteiger partial charge in [-0.2, -0.15) is 0 Å². The van der Waals surface area contributed by atoms with E-state index >= 15 is 0 Å². The summed E-state index contributed by atoms with van der Waals surface area (Å²) in [5.41, 5.74) is 3.24. The Morgan fingerprint density at radius 1 is 1.00 bits per heavy atom. The molecule has 0 saturated carbocycles. The zero-order valence-electron chi connectivity index (χ0n) is 19.3. The molecule has 0 unspecified atom stereocenters. The quantitative estimate of drug-likeness (QED) is 0.354. The van der Waals surface area contributed by atoms with Crippen molar-refractivity contribution in [2.45, 2.75) is 12.8 Å². The van der Waals surface area contributed by atoms with Gasteiger partial charge in [0, 0.05) is 43.5 Å². The molecule has 1 aliphatic rings. The largest absolute Gasteiger partial charge is 0.356 e. The molecule has 6 rings (SSSR count). The molecule has 1 amide bonds. The Hall–Kier alpha value is -4.04. The molecule has 174 valence electrons. The number of carbonyl (C=O) groups excluding carboxylic acids is 1. The van der Waals surface area contributed by atoms with Gasteiger partial charge in [-0.15, -0.1) is 0 Å². The van der Waals surface area contributed by atoms with E-state index < -0.39 is 0 Å². The molecule has 4 heterocycles. The van der Waals surface area contributed by atoms with Gasteiger partial charge in [0.25, 0.3) is 5.91 Å². The number of rotatable bonds is 5. The number of pyridine rings is 1. The average Bonchev–Trinajstić information content (AvgIpc) is 3.65. The van der Waals surface area contributed by atoms with Crippen molar-refractivity contribution in [2.24, 2.45) is 7.05 Å². The normalized spacial score (nSPS) is 13.5. The zero-order chi connectivity index (χ0) is 23.8. The van der Waals surface area contributed by atoms with Crippen LogP contribution in [0, 0.1) is 0 Å². The van der Waals surface area contributed by atoms with Crippen LogP contribution < -0.4 is 10.2 Å². The monoisotopic (exact) mass is 480 g/mol. The number of amides is 1. The number of benzene rings is 2. The summed E-state index contributed by atoms with van der Waals surface area (Å²) in [6, 6.07) is 19.8. The van der Waals surface area contributed by atoms with Gasteiger partial charge in [-0.25, -0.2) is 15.0 Å². The van der Waals surface area contributed by atoms with Crippen LogP contribution in [-0.2, 0) is 7.05 Å². The highest BCUT2D eigenvalue weighted by molar-refractivity contribution is 7.19. The Balaban J connectivity index is 1.41. The highest BCUT2D eigenvalue weighted by Gasteiger charge is 2.24. The van der Waals surface area contributed by atoms with E-state index in [2.05, 4.69) is 15.2 Å². The van der Waals surface area contributed by atoms with Gasteiger partial charge in [0.2, 0.25) is 0 Å². The van der Waals surface area contributed by atoms with E-state index in [1.54, 1.807) is 6.20 Å². The molecule has 0 radical (unpaired) electrons. The number of carbonyl (C=O) groups is 1. The van der Waals surface area contributed by atoms with Crippen molar-refractivity contribution < 1.29 is 4.79 Å². The van der Waals surface area contributed by atoms with E-state index in [-0.39, 0.29) is 5.91 Å². The molecule has 2 aromatic carbocycles. The number of aryl methyl sites for hydroxylation is 1. The van der Waals surface area contributed by atoms with Crippen LogP contribution in [0.25, 0.3) is 32.9 Å². The van der Waals surface area contributed by atoms with Crippen LogP contribution in [0.2, 0.25) is 0 Å². The highest BCUT2D eigenvalue weighted by atomic mass is 32.1. The third kappa shape index (κ3) is 4.06. The van der Waals surface area contributed by atoms with Gasteiger partial charge >= 0.3 is 0 Å². The first-order chi connectivity index (χ1) is 17.2. The molecule has 5 aromatic rings. The minimum atomic E-state index is -0.204. The second kappa shape index (κ2) is 8.96. The number of hydrogen-bond donors (Lipinski definition) is 1. The fourth-order valence-corrected chi connectivity index (χ4v) is 5.53. The van der Waals surface area contributed by atoms with Crippen molar-refractivity contribution in [3.05, 3.63) is 78.6 Å². The van der Waals surface area contributed by atoms with Crippen molar-refractivity contribution in [1.82, 2.24) is 19.5 Å². The number of nitrogens with zero attached hydrogens (tertiary/aromatic N) is 5. The molecular formula is C27H24N6OS. The van der Waals surface area contributed by atoms with Gasteiger partial charge < -0.3 is 9.47 Å². The van der Waals surface area contributed by atoms with Crippen LogP contribution in [-0.4, -0.2) is 38.5 Å². The van der Waals surface area contributed by atoms with Crippen LogP contribution in [0.1, 0.15) is 23.2 Å².